The molecule has 2 aliphatic rings. The van der Waals surface area contributed by atoms with Gasteiger partial charge in [-0.1, -0.05) is 40.0 Å². The molecule has 4 rings (SSSR count). The topological polar surface area (TPSA) is 45.8 Å². The van der Waals surface area contributed by atoms with Crippen LogP contribution in [0.3, 0.4) is 0 Å². The summed E-state index contributed by atoms with van der Waals surface area (Å²) < 4.78 is 0. The van der Waals surface area contributed by atoms with Crippen molar-refractivity contribution < 1.29 is 0 Å². The molecule has 0 radical (unpaired) electrons. The summed E-state index contributed by atoms with van der Waals surface area (Å²) in [5, 5.41) is 0.891. The first kappa shape index (κ1) is 16.3. The third-order valence-corrected chi connectivity index (χ3v) is 7.30. The number of nitrogens with zero attached hydrogens (tertiary/aromatic N) is 1. The molecule has 0 aliphatic heterocycles. The van der Waals surface area contributed by atoms with Crippen LogP contribution in [0.1, 0.15) is 81.5 Å². The normalized spacial score (nSPS) is 22.7. The Bertz CT molecular complexity index is 805. The van der Waals surface area contributed by atoms with Crippen LogP contribution in [0.15, 0.2) is 4.79 Å². The third-order valence-electron chi connectivity index (χ3n) is 6.15. The maximum absolute atomic E-state index is 12.8. The standard InChI is InChI=1S/C20H28N2OS/c1-20(2,3)13-9-10-14-15(11-13)24-19-16(14)18(23)21-17(22-19)12-7-5-4-6-8-12/h12-13H,4-11H2,1-3H3,(H,21,22,23)/t13-/m1/s1. The van der Waals surface area contributed by atoms with E-state index in [1.165, 1.54) is 49.0 Å². The average molecular weight is 345 g/mol. The zero-order valence-electron chi connectivity index (χ0n) is 15.1. The smallest absolute Gasteiger partial charge is 0.259 e. The highest BCUT2D eigenvalue weighted by atomic mass is 32.1. The van der Waals surface area contributed by atoms with Gasteiger partial charge in [0.2, 0.25) is 0 Å². The maximum atomic E-state index is 12.8. The molecule has 1 atom stereocenters. The molecule has 2 aromatic heterocycles. The van der Waals surface area contributed by atoms with Crippen LogP contribution in [-0.4, -0.2) is 9.97 Å². The first-order valence-electron chi connectivity index (χ1n) is 9.48. The second-order valence-electron chi connectivity index (χ2n) is 8.78. The van der Waals surface area contributed by atoms with Crippen LogP contribution in [0, 0.1) is 11.3 Å². The Morgan fingerprint density at radius 2 is 1.88 bits per heavy atom. The van der Waals surface area contributed by atoms with Gasteiger partial charge in [-0.25, -0.2) is 4.98 Å². The largest absolute Gasteiger partial charge is 0.310 e. The van der Waals surface area contributed by atoms with Gasteiger partial charge in [-0.15, -0.1) is 11.3 Å². The molecule has 130 valence electrons. The van der Waals surface area contributed by atoms with E-state index in [1.807, 2.05) is 0 Å². The molecular weight excluding hydrogens is 316 g/mol. The van der Waals surface area contributed by atoms with Crippen molar-refractivity contribution in [2.24, 2.45) is 11.3 Å². The summed E-state index contributed by atoms with van der Waals surface area (Å²) in [6.07, 6.45) is 9.53. The molecule has 2 heterocycles. The van der Waals surface area contributed by atoms with E-state index in [0.717, 1.165) is 28.9 Å². The molecule has 1 saturated carbocycles. The van der Waals surface area contributed by atoms with Crippen molar-refractivity contribution >= 4 is 21.6 Å². The lowest BCUT2D eigenvalue weighted by atomic mass is 9.72. The summed E-state index contributed by atoms with van der Waals surface area (Å²) in [6.45, 7) is 7.01. The number of aryl methyl sites for hydroxylation is 1. The first-order chi connectivity index (χ1) is 11.4. The fraction of sp³-hybridized carbons (Fsp3) is 0.700. The van der Waals surface area contributed by atoms with E-state index in [2.05, 4.69) is 25.8 Å². The lowest BCUT2D eigenvalue weighted by Crippen LogP contribution is -2.26. The van der Waals surface area contributed by atoms with Gasteiger partial charge in [0.15, 0.2) is 0 Å². The second kappa shape index (κ2) is 5.98. The highest BCUT2D eigenvalue weighted by molar-refractivity contribution is 7.18. The minimum Gasteiger partial charge on any atom is -0.310 e. The first-order valence-corrected chi connectivity index (χ1v) is 10.3. The number of aromatic amines is 1. The summed E-state index contributed by atoms with van der Waals surface area (Å²) in [7, 11) is 0. The Morgan fingerprint density at radius 1 is 1.12 bits per heavy atom. The van der Waals surface area contributed by atoms with Gasteiger partial charge in [0.1, 0.15) is 10.7 Å². The van der Waals surface area contributed by atoms with Crippen molar-refractivity contribution in [1.82, 2.24) is 9.97 Å². The molecule has 1 N–H and O–H groups in total. The Balaban J connectivity index is 1.74. The molecule has 0 unspecified atom stereocenters. The van der Waals surface area contributed by atoms with Crippen molar-refractivity contribution in [2.75, 3.05) is 0 Å². The minimum atomic E-state index is 0.104. The monoisotopic (exact) mass is 344 g/mol. The van der Waals surface area contributed by atoms with E-state index in [0.29, 0.717) is 17.3 Å². The Kier molecular flexibility index (Phi) is 4.06. The van der Waals surface area contributed by atoms with Gasteiger partial charge >= 0.3 is 0 Å². The number of hydrogen-bond donors (Lipinski definition) is 1. The van der Waals surface area contributed by atoms with E-state index < -0.39 is 0 Å². The predicted octanol–water partition coefficient (Wildman–Crippen LogP) is 5.18. The van der Waals surface area contributed by atoms with Crippen LogP contribution >= 0.6 is 11.3 Å². The Morgan fingerprint density at radius 3 is 2.58 bits per heavy atom. The predicted molar refractivity (Wildman–Crippen MR) is 101 cm³/mol. The van der Waals surface area contributed by atoms with E-state index in [4.69, 9.17) is 4.98 Å². The van der Waals surface area contributed by atoms with Crippen LogP contribution in [0.4, 0.5) is 0 Å². The quantitative estimate of drug-likeness (QED) is 0.774. The lowest BCUT2D eigenvalue weighted by molar-refractivity contribution is 0.218. The van der Waals surface area contributed by atoms with Crippen LogP contribution < -0.4 is 5.56 Å². The summed E-state index contributed by atoms with van der Waals surface area (Å²) in [5.74, 6) is 2.10. The number of hydrogen-bond acceptors (Lipinski definition) is 3. The minimum absolute atomic E-state index is 0.104. The van der Waals surface area contributed by atoms with Gasteiger partial charge < -0.3 is 4.98 Å². The highest BCUT2D eigenvalue weighted by Gasteiger charge is 2.32. The van der Waals surface area contributed by atoms with Crippen molar-refractivity contribution in [3.8, 4) is 0 Å². The molecule has 4 heteroatoms. The lowest BCUT2D eigenvalue weighted by Gasteiger charge is -2.33. The number of nitrogens with one attached hydrogen (secondary N) is 1. The molecule has 0 aromatic carbocycles. The molecule has 0 bridgehead atoms. The number of aromatic nitrogens is 2. The van der Waals surface area contributed by atoms with Crippen molar-refractivity contribution in [1.29, 1.82) is 0 Å². The van der Waals surface area contributed by atoms with Gasteiger partial charge in [0, 0.05) is 10.8 Å². The maximum Gasteiger partial charge on any atom is 0.259 e. The number of fused-ring (bicyclic) bond motifs is 3. The number of rotatable bonds is 1. The van der Waals surface area contributed by atoms with Gasteiger partial charge in [0.05, 0.1) is 5.39 Å². The van der Waals surface area contributed by atoms with E-state index in [9.17, 15) is 4.79 Å². The van der Waals surface area contributed by atoms with Crippen LogP contribution in [0.5, 0.6) is 0 Å². The molecule has 2 aliphatic carbocycles. The van der Waals surface area contributed by atoms with Crippen molar-refractivity contribution in [3.05, 3.63) is 26.6 Å². The molecule has 24 heavy (non-hydrogen) atoms. The van der Waals surface area contributed by atoms with Gasteiger partial charge in [-0.2, -0.15) is 0 Å². The Hall–Kier alpha value is -1.16. The molecular formula is C20H28N2OS. The van der Waals surface area contributed by atoms with Crippen LogP contribution in [-0.2, 0) is 12.8 Å². The van der Waals surface area contributed by atoms with Crippen molar-refractivity contribution in [3.63, 3.8) is 0 Å². The van der Waals surface area contributed by atoms with Crippen molar-refractivity contribution in [2.45, 2.75) is 78.1 Å². The van der Waals surface area contributed by atoms with Gasteiger partial charge in [0.25, 0.3) is 5.56 Å². The Labute approximate surface area is 147 Å². The summed E-state index contributed by atoms with van der Waals surface area (Å²) in [4.78, 5) is 23.2. The van der Waals surface area contributed by atoms with Gasteiger partial charge in [-0.3, -0.25) is 4.79 Å². The van der Waals surface area contributed by atoms with Crippen LogP contribution in [0.25, 0.3) is 10.2 Å². The fourth-order valence-corrected chi connectivity index (χ4v) is 5.82. The molecule has 1 fully saturated rings. The van der Waals surface area contributed by atoms with E-state index in [1.54, 1.807) is 11.3 Å². The highest BCUT2D eigenvalue weighted by Crippen LogP contribution is 2.42. The molecule has 3 nitrogen and oxygen atoms in total. The fourth-order valence-electron chi connectivity index (χ4n) is 4.51. The number of thiophene rings is 1. The zero-order chi connectivity index (χ0) is 16.9. The van der Waals surface area contributed by atoms with E-state index in [-0.39, 0.29) is 5.56 Å². The molecule has 2 aromatic rings. The van der Waals surface area contributed by atoms with E-state index >= 15 is 0 Å². The summed E-state index contributed by atoms with van der Waals surface area (Å²) >= 11 is 1.78. The zero-order valence-corrected chi connectivity index (χ0v) is 15.9. The molecule has 0 amide bonds. The summed E-state index contributed by atoms with van der Waals surface area (Å²) in [6, 6.07) is 0. The van der Waals surface area contributed by atoms with Gasteiger partial charge in [-0.05, 0) is 49.0 Å². The second-order valence-corrected chi connectivity index (χ2v) is 9.86. The average Bonchev–Trinajstić information content (AvgIpc) is 2.92. The molecule has 0 spiro atoms. The number of H-pyrrole nitrogens is 1. The third kappa shape index (κ3) is 2.83. The molecule has 0 saturated heterocycles. The van der Waals surface area contributed by atoms with Crippen LogP contribution in [0.2, 0.25) is 0 Å². The SMILES string of the molecule is CC(C)(C)[C@@H]1CCc2c(sc3nc(C4CCCCC4)[nH]c(=O)c23)C1. The summed E-state index contributed by atoms with van der Waals surface area (Å²) in [5.41, 5.74) is 1.73.